The van der Waals surface area contributed by atoms with Crippen molar-refractivity contribution in [3.63, 3.8) is 0 Å². The summed E-state index contributed by atoms with van der Waals surface area (Å²) < 4.78 is 13.8. The summed E-state index contributed by atoms with van der Waals surface area (Å²) in [5.74, 6) is 1.14. The summed E-state index contributed by atoms with van der Waals surface area (Å²) in [6.45, 7) is 6.59. The van der Waals surface area contributed by atoms with E-state index >= 15 is 0 Å². The molecule has 0 bridgehead atoms. The molecular formula is C30H23N3O2PtS. The fraction of sp³-hybridized carbons (Fsp3) is 0.133. The molecule has 0 aliphatic rings. The topological polar surface area (TPSA) is 53.1 Å². The van der Waals surface area contributed by atoms with E-state index in [-0.39, 0.29) is 26.5 Å². The Bertz CT molecular complexity index is 1700. The Kier molecular flexibility index (Phi) is 6.98. The van der Waals surface area contributed by atoms with Gasteiger partial charge in [0, 0.05) is 29.5 Å². The van der Waals surface area contributed by atoms with E-state index in [1.807, 2.05) is 73.1 Å². The third-order valence-corrected chi connectivity index (χ3v) is 6.74. The molecule has 0 aliphatic heterocycles. The molecule has 3 aromatic heterocycles. The van der Waals surface area contributed by atoms with Crippen LogP contribution in [0.5, 0.6) is 11.5 Å². The molecule has 0 N–H and O–H groups in total. The van der Waals surface area contributed by atoms with Crippen LogP contribution in [0.2, 0.25) is 0 Å². The summed E-state index contributed by atoms with van der Waals surface area (Å²) in [6.07, 6.45) is 3.77. The molecule has 3 aromatic carbocycles. The molecule has 0 fully saturated rings. The Morgan fingerprint density at radius 2 is 1.76 bits per heavy atom. The molecule has 5 nitrogen and oxygen atoms in total. The fourth-order valence-electron chi connectivity index (χ4n) is 3.99. The molecule has 0 saturated carbocycles. The summed E-state index contributed by atoms with van der Waals surface area (Å²) in [4.78, 5) is 4.50. The zero-order chi connectivity index (χ0) is 24.7. The van der Waals surface area contributed by atoms with Crippen LogP contribution in [0.25, 0.3) is 27.6 Å². The summed E-state index contributed by atoms with van der Waals surface area (Å²) >= 11 is 1.54. The number of benzene rings is 3. The average Bonchev–Trinajstić information content (AvgIpc) is 3.48. The number of rotatable bonds is 5. The van der Waals surface area contributed by atoms with Crippen LogP contribution in [0.4, 0.5) is 0 Å². The summed E-state index contributed by atoms with van der Waals surface area (Å²) in [6, 6.07) is 30.1. The van der Waals surface area contributed by atoms with E-state index in [1.54, 1.807) is 4.68 Å². The maximum atomic E-state index is 6.06. The van der Waals surface area contributed by atoms with Crippen molar-refractivity contribution in [2.24, 2.45) is 0 Å². The van der Waals surface area contributed by atoms with E-state index in [1.165, 1.54) is 17.3 Å². The Morgan fingerprint density at radius 1 is 0.892 bits per heavy atom. The third-order valence-electron chi connectivity index (χ3n) is 5.88. The molecule has 6 aromatic rings. The van der Waals surface area contributed by atoms with Crippen molar-refractivity contribution >= 4 is 33.7 Å². The number of pyridine rings is 1. The van der Waals surface area contributed by atoms with Gasteiger partial charge in [-0.2, -0.15) is 17.2 Å². The smallest absolute Gasteiger partial charge is 0.509 e. The van der Waals surface area contributed by atoms with Crippen LogP contribution in [0.15, 0.2) is 99.7 Å². The minimum atomic E-state index is 0. The van der Waals surface area contributed by atoms with E-state index in [2.05, 4.69) is 50.0 Å². The summed E-state index contributed by atoms with van der Waals surface area (Å²) in [5, 5.41) is 8.57. The number of fused-ring (bicyclic) bond motifs is 3. The monoisotopic (exact) mass is 684 g/mol. The van der Waals surface area contributed by atoms with Crippen molar-refractivity contribution in [2.75, 3.05) is 0 Å². The van der Waals surface area contributed by atoms with Gasteiger partial charge in [0.2, 0.25) is 0 Å². The SMILES string of the molecule is CC(C)(C)c1ccnc(Sc2ccn(-c3[c-]c(Oc4[c-]cc5c(c4)oc4ccccc45)ccc3)n2)c1.[Pt+2]. The van der Waals surface area contributed by atoms with Gasteiger partial charge in [-0.3, -0.25) is 4.68 Å². The number of furan rings is 1. The van der Waals surface area contributed by atoms with Crippen molar-refractivity contribution in [1.82, 2.24) is 14.8 Å². The predicted octanol–water partition coefficient (Wildman–Crippen LogP) is 8.01. The molecule has 0 amide bonds. The zero-order valence-corrected chi connectivity index (χ0v) is 23.6. The number of hydrogen-bond donors (Lipinski definition) is 0. The normalized spacial score (nSPS) is 11.5. The predicted molar refractivity (Wildman–Crippen MR) is 142 cm³/mol. The van der Waals surface area contributed by atoms with Crippen LogP contribution < -0.4 is 4.74 Å². The summed E-state index contributed by atoms with van der Waals surface area (Å²) in [7, 11) is 0. The van der Waals surface area contributed by atoms with Crippen molar-refractivity contribution < 1.29 is 30.2 Å². The zero-order valence-electron chi connectivity index (χ0n) is 20.5. The Morgan fingerprint density at radius 3 is 2.62 bits per heavy atom. The first kappa shape index (κ1) is 25.3. The largest absolute Gasteiger partial charge is 2.00 e. The molecule has 186 valence electrons. The van der Waals surface area contributed by atoms with Crippen molar-refractivity contribution in [3.8, 4) is 17.2 Å². The first-order valence-corrected chi connectivity index (χ1v) is 12.5. The molecule has 0 saturated heterocycles. The van der Waals surface area contributed by atoms with Gasteiger partial charge >= 0.3 is 21.1 Å². The molecule has 0 unspecified atom stereocenters. The minimum Gasteiger partial charge on any atom is -0.509 e. The van der Waals surface area contributed by atoms with Gasteiger partial charge in [0.05, 0.1) is 0 Å². The number of aromatic nitrogens is 3. The molecule has 0 spiro atoms. The van der Waals surface area contributed by atoms with Crippen LogP contribution >= 0.6 is 11.8 Å². The standard InChI is InChI=1S/C30H23N3O2S.Pt/c1-30(2,3)20-13-15-31-29(17-20)36-28-14-16-33(32-28)21-7-6-8-22(18-21)34-23-11-12-25-24-9-4-5-10-26(24)35-27(25)19-23;/h4-10,12-17,19H,1-3H3;/q-2;+2. The van der Waals surface area contributed by atoms with Gasteiger partial charge in [-0.15, -0.1) is 24.3 Å². The number of hydrogen-bond acceptors (Lipinski definition) is 5. The molecule has 7 heteroatoms. The van der Waals surface area contributed by atoms with E-state index in [4.69, 9.17) is 14.3 Å². The Labute approximate surface area is 234 Å². The van der Waals surface area contributed by atoms with Gasteiger partial charge in [-0.1, -0.05) is 50.4 Å². The minimum absolute atomic E-state index is 0. The van der Waals surface area contributed by atoms with Gasteiger partial charge in [0.25, 0.3) is 0 Å². The van der Waals surface area contributed by atoms with Crippen molar-refractivity contribution in [1.29, 1.82) is 0 Å². The first-order chi connectivity index (χ1) is 17.4. The first-order valence-electron chi connectivity index (χ1n) is 11.7. The van der Waals surface area contributed by atoms with Crippen LogP contribution in [0.1, 0.15) is 26.3 Å². The number of nitrogens with zero attached hydrogens (tertiary/aromatic N) is 3. The van der Waals surface area contributed by atoms with E-state index in [0.29, 0.717) is 11.5 Å². The maximum absolute atomic E-state index is 6.06. The number of ether oxygens (including phenoxy) is 1. The second-order valence-electron chi connectivity index (χ2n) is 9.51. The average molecular weight is 685 g/mol. The maximum Gasteiger partial charge on any atom is 2.00 e. The molecule has 0 aliphatic carbocycles. The Balaban J connectivity index is 0.00000280. The molecule has 6 rings (SSSR count). The van der Waals surface area contributed by atoms with Crippen molar-refractivity contribution in [2.45, 2.75) is 36.2 Å². The van der Waals surface area contributed by atoms with Crippen LogP contribution in [0, 0.1) is 12.1 Å². The summed E-state index contributed by atoms with van der Waals surface area (Å²) in [5.41, 5.74) is 3.70. The molecule has 37 heavy (non-hydrogen) atoms. The van der Waals surface area contributed by atoms with E-state index < -0.39 is 0 Å². The van der Waals surface area contributed by atoms with Crippen LogP contribution in [0.3, 0.4) is 0 Å². The van der Waals surface area contributed by atoms with Gasteiger partial charge < -0.3 is 9.15 Å². The van der Waals surface area contributed by atoms with Gasteiger partial charge in [0.1, 0.15) is 15.6 Å². The van der Waals surface area contributed by atoms with Gasteiger partial charge in [-0.05, 0) is 58.1 Å². The van der Waals surface area contributed by atoms with Crippen LogP contribution in [-0.2, 0) is 26.5 Å². The third kappa shape index (κ3) is 5.36. The molecule has 3 heterocycles. The molecule has 0 radical (unpaired) electrons. The molecule has 0 atom stereocenters. The molecular weight excluding hydrogens is 661 g/mol. The van der Waals surface area contributed by atoms with Gasteiger partial charge in [-0.25, -0.2) is 4.98 Å². The number of para-hydroxylation sites is 1. The second-order valence-corrected chi connectivity index (χ2v) is 10.5. The van der Waals surface area contributed by atoms with Crippen LogP contribution in [-0.4, -0.2) is 14.8 Å². The van der Waals surface area contributed by atoms with E-state index in [0.717, 1.165) is 37.7 Å². The fourth-order valence-corrected chi connectivity index (χ4v) is 4.76. The van der Waals surface area contributed by atoms with E-state index in [9.17, 15) is 0 Å². The second kappa shape index (κ2) is 10.2. The Hall–Kier alpha value is -3.34. The van der Waals surface area contributed by atoms with Gasteiger partial charge in [0.15, 0.2) is 0 Å². The van der Waals surface area contributed by atoms with Crippen molar-refractivity contribution in [3.05, 3.63) is 103 Å². The quantitative estimate of drug-likeness (QED) is 0.172.